The molecule has 0 aromatic heterocycles. The van der Waals surface area contributed by atoms with Crippen molar-refractivity contribution in [3.05, 3.63) is 28.8 Å². The van der Waals surface area contributed by atoms with Crippen molar-refractivity contribution in [1.82, 2.24) is 4.90 Å². The van der Waals surface area contributed by atoms with Gasteiger partial charge in [-0.2, -0.15) is 0 Å². The normalized spacial score (nSPS) is 16.9. The molecule has 4 nitrogen and oxygen atoms in total. The smallest absolute Gasteiger partial charge is 0.176 e. The Bertz CT molecular complexity index is 442. The van der Waals surface area contributed by atoms with E-state index in [4.69, 9.17) is 17.3 Å². The van der Waals surface area contributed by atoms with Gasteiger partial charge in [-0.25, -0.2) is 0 Å². The number of hydrogen-bond donors (Lipinski definition) is 1. The monoisotopic (exact) mass is 267 g/mol. The summed E-state index contributed by atoms with van der Waals surface area (Å²) < 4.78 is 0. The Balaban J connectivity index is 2.17. The maximum atomic E-state index is 11.5. The molecule has 1 aliphatic rings. The molecule has 0 spiro atoms. The Morgan fingerprint density at radius 3 is 2.56 bits per heavy atom. The Hall–Kier alpha value is -1.10. The third kappa shape index (κ3) is 2.83. The lowest BCUT2D eigenvalue weighted by molar-refractivity contribution is 0.100. The summed E-state index contributed by atoms with van der Waals surface area (Å²) >= 11 is 6.25. The quantitative estimate of drug-likeness (QED) is 0.837. The van der Waals surface area contributed by atoms with Crippen LogP contribution in [0.2, 0.25) is 5.02 Å². The molecule has 1 heterocycles. The summed E-state index contributed by atoms with van der Waals surface area (Å²) in [6.45, 7) is 3.99. The van der Waals surface area contributed by atoms with Crippen LogP contribution < -0.4 is 10.6 Å². The van der Waals surface area contributed by atoms with E-state index in [1.165, 1.54) is 0 Å². The number of halogens is 1. The fourth-order valence-electron chi connectivity index (χ4n) is 2.10. The van der Waals surface area contributed by atoms with Crippen LogP contribution in [0.1, 0.15) is 10.4 Å². The molecular formula is C13H18ClN3O. The van der Waals surface area contributed by atoms with Crippen LogP contribution in [0.5, 0.6) is 0 Å². The summed E-state index contributed by atoms with van der Waals surface area (Å²) in [5.41, 5.74) is 6.92. The first-order valence-corrected chi connectivity index (χ1v) is 6.46. The van der Waals surface area contributed by atoms with Crippen LogP contribution in [0.15, 0.2) is 18.2 Å². The summed E-state index contributed by atoms with van der Waals surface area (Å²) in [6, 6.07) is 5.43. The molecule has 0 atom stereocenters. The maximum Gasteiger partial charge on any atom is 0.176 e. The summed E-state index contributed by atoms with van der Waals surface area (Å²) in [7, 11) is 2.11. The highest BCUT2D eigenvalue weighted by Gasteiger charge is 2.17. The number of nitrogens with zero attached hydrogens (tertiary/aromatic N) is 2. The number of Topliss-reactive ketones (excluding diaryl/α,β-unsaturated/α-hetero) is 1. The minimum absolute atomic E-state index is 0.0180. The lowest BCUT2D eigenvalue weighted by Gasteiger charge is -2.34. The standard InChI is InChI=1S/C13H18ClN3O/c1-16-4-6-17(7-5-16)12-3-2-10(8-11(12)14)13(18)9-15/h2-3,8H,4-7,9,15H2,1H3. The zero-order valence-corrected chi connectivity index (χ0v) is 11.3. The van der Waals surface area contributed by atoms with E-state index in [-0.39, 0.29) is 12.3 Å². The number of nitrogens with two attached hydrogens (primary N) is 1. The number of hydrogen-bond acceptors (Lipinski definition) is 4. The maximum absolute atomic E-state index is 11.5. The summed E-state index contributed by atoms with van der Waals surface area (Å²) in [4.78, 5) is 16.0. The van der Waals surface area contributed by atoms with Crippen LogP contribution in [-0.2, 0) is 0 Å². The molecule has 0 aliphatic carbocycles. The number of benzene rings is 1. The van der Waals surface area contributed by atoms with E-state index in [1.54, 1.807) is 12.1 Å². The second-order valence-electron chi connectivity index (χ2n) is 4.58. The Labute approximate surface area is 112 Å². The summed E-state index contributed by atoms with van der Waals surface area (Å²) in [5, 5.41) is 0.624. The van der Waals surface area contributed by atoms with Crippen molar-refractivity contribution in [2.75, 3.05) is 44.7 Å². The van der Waals surface area contributed by atoms with Crippen molar-refractivity contribution in [3.63, 3.8) is 0 Å². The van der Waals surface area contributed by atoms with Crippen LogP contribution in [0.4, 0.5) is 5.69 Å². The second-order valence-corrected chi connectivity index (χ2v) is 4.99. The molecule has 1 aliphatic heterocycles. The largest absolute Gasteiger partial charge is 0.368 e. The van der Waals surface area contributed by atoms with Crippen molar-refractivity contribution in [2.24, 2.45) is 5.73 Å². The molecule has 1 aromatic carbocycles. The first-order chi connectivity index (χ1) is 8.61. The number of piperazine rings is 1. The molecule has 5 heteroatoms. The van der Waals surface area contributed by atoms with Gasteiger partial charge in [-0.1, -0.05) is 11.6 Å². The fourth-order valence-corrected chi connectivity index (χ4v) is 2.40. The molecule has 0 bridgehead atoms. The van der Waals surface area contributed by atoms with Crippen LogP contribution in [-0.4, -0.2) is 50.5 Å². The van der Waals surface area contributed by atoms with Gasteiger partial charge in [0.25, 0.3) is 0 Å². The van der Waals surface area contributed by atoms with Gasteiger partial charge in [0.2, 0.25) is 0 Å². The molecule has 2 N–H and O–H groups in total. The molecular weight excluding hydrogens is 250 g/mol. The van der Waals surface area contributed by atoms with Crippen LogP contribution >= 0.6 is 11.6 Å². The lowest BCUT2D eigenvalue weighted by atomic mass is 10.1. The third-order valence-electron chi connectivity index (χ3n) is 3.30. The predicted octanol–water partition coefficient (Wildman–Crippen LogP) is 1.23. The van der Waals surface area contributed by atoms with Gasteiger partial charge in [-0.3, -0.25) is 4.79 Å². The lowest BCUT2D eigenvalue weighted by Crippen LogP contribution is -2.44. The Morgan fingerprint density at radius 2 is 2.00 bits per heavy atom. The molecule has 1 saturated heterocycles. The Kier molecular flexibility index (Phi) is 4.22. The van der Waals surface area contributed by atoms with Gasteiger partial charge in [0, 0.05) is 31.7 Å². The zero-order valence-electron chi connectivity index (χ0n) is 10.5. The minimum Gasteiger partial charge on any atom is -0.368 e. The highest BCUT2D eigenvalue weighted by atomic mass is 35.5. The van der Waals surface area contributed by atoms with Gasteiger partial charge < -0.3 is 15.5 Å². The number of rotatable bonds is 3. The Morgan fingerprint density at radius 1 is 1.33 bits per heavy atom. The van der Waals surface area contributed by atoms with Crippen molar-refractivity contribution in [3.8, 4) is 0 Å². The number of carbonyl (C=O) groups is 1. The van der Waals surface area contributed by atoms with Crippen molar-refractivity contribution < 1.29 is 4.79 Å². The number of anilines is 1. The molecule has 2 rings (SSSR count). The average molecular weight is 268 g/mol. The topological polar surface area (TPSA) is 49.6 Å². The first kappa shape index (κ1) is 13.3. The molecule has 0 radical (unpaired) electrons. The first-order valence-electron chi connectivity index (χ1n) is 6.08. The molecule has 98 valence electrons. The van der Waals surface area contributed by atoms with Gasteiger partial charge >= 0.3 is 0 Å². The van der Waals surface area contributed by atoms with Crippen molar-refractivity contribution in [1.29, 1.82) is 0 Å². The van der Waals surface area contributed by atoms with Crippen LogP contribution in [0, 0.1) is 0 Å². The average Bonchev–Trinajstić information content (AvgIpc) is 2.39. The van der Waals surface area contributed by atoms with E-state index in [0.29, 0.717) is 10.6 Å². The molecule has 0 amide bonds. The SMILES string of the molecule is CN1CCN(c2ccc(C(=O)CN)cc2Cl)CC1. The van der Waals surface area contributed by atoms with Gasteiger partial charge in [-0.05, 0) is 25.2 Å². The van der Waals surface area contributed by atoms with Gasteiger partial charge in [0.05, 0.1) is 17.3 Å². The van der Waals surface area contributed by atoms with E-state index in [1.807, 2.05) is 6.07 Å². The van der Waals surface area contributed by atoms with Gasteiger partial charge in [-0.15, -0.1) is 0 Å². The minimum atomic E-state index is -0.0816. The van der Waals surface area contributed by atoms with Gasteiger partial charge in [0.1, 0.15) is 0 Å². The molecule has 1 aromatic rings. The zero-order chi connectivity index (χ0) is 13.1. The second kappa shape index (κ2) is 5.69. The fraction of sp³-hybridized carbons (Fsp3) is 0.462. The van der Waals surface area contributed by atoms with Crippen LogP contribution in [0.25, 0.3) is 0 Å². The summed E-state index contributed by atoms with van der Waals surface area (Å²) in [6.07, 6.45) is 0. The van der Waals surface area contributed by atoms with Crippen LogP contribution in [0.3, 0.4) is 0 Å². The number of ketones is 1. The van der Waals surface area contributed by atoms with E-state index in [2.05, 4.69) is 16.8 Å². The molecule has 1 fully saturated rings. The number of carbonyl (C=O) groups excluding carboxylic acids is 1. The van der Waals surface area contributed by atoms with E-state index < -0.39 is 0 Å². The number of likely N-dealkylation sites (N-methyl/N-ethyl adjacent to an activating group) is 1. The van der Waals surface area contributed by atoms with Gasteiger partial charge in [0.15, 0.2) is 5.78 Å². The molecule has 0 unspecified atom stereocenters. The highest BCUT2D eigenvalue weighted by molar-refractivity contribution is 6.33. The van der Waals surface area contributed by atoms with E-state index in [9.17, 15) is 4.79 Å². The molecule has 18 heavy (non-hydrogen) atoms. The van der Waals surface area contributed by atoms with E-state index in [0.717, 1.165) is 31.9 Å². The van der Waals surface area contributed by atoms with Crippen molar-refractivity contribution in [2.45, 2.75) is 0 Å². The van der Waals surface area contributed by atoms with Crippen molar-refractivity contribution >= 4 is 23.1 Å². The van der Waals surface area contributed by atoms with E-state index >= 15 is 0 Å². The highest BCUT2D eigenvalue weighted by Crippen LogP contribution is 2.27. The summed E-state index contributed by atoms with van der Waals surface area (Å²) in [5.74, 6) is -0.0816. The predicted molar refractivity (Wildman–Crippen MR) is 74.5 cm³/mol. The molecule has 0 saturated carbocycles. The third-order valence-corrected chi connectivity index (χ3v) is 3.60.